The van der Waals surface area contributed by atoms with Crippen LogP contribution in [0.4, 0.5) is 0 Å². The molecule has 66 valence electrons. The Morgan fingerprint density at radius 3 is 2.62 bits per heavy atom. The Morgan fingerprint density at radius 1 is 1.08 bits per heavy atom. The molecule has 0 N–H and O–H groups in total. The summed E-state index contributed by atoms with van der Waals surface area (Å²) < 4.78 is 0. The van der Waals surface area contributed by atoms with Gasteiger partial charge in [0.15, 0.2) is 5.15 Å². The molecule has 0 radical (unpaired) electrons. The van der Waals surface area contributed by atoms with Gasteiger partial charge < -0.3 is 0 Å². The molecule has 0 aliphatic heterocycles. The molecule has 0 bridgehead atoms. The summed E-state index contributed by atoms with van der Waals surface area (Å²) >= 11 is 17.5. The molecule has 13 heavy (non-hydrogen) atoms. The van der Waals surface area contributed by atoms with Gasteiger partial charge in [0.2, 0.25) is 0 Å². The second kappa shape index (κ2) is 3.29. The van der Waals surface area contributed by atoms with Gasteiger partial charge in [-0.1, -0.05) is 34.8 Å². The van der Waals surface area contributed by atoms with Crippen molar-refractivity contribution in [3.05, 3.63) is 33.7 Å². The van der Waals surface area contributed by atoms with Crippen LogP contribution in [-0.2, 0) is 0 Å². The third-order valence-electron chi connectivity index (χ3n) is 1.63. The first-order valence-electron chi connectivity index (χ1n) is 3.44. The van der Waals surface area contributed by atoms with Crippen LogP contribution >= 0.6 is 34.8 Å². The Morgan fingerprint density at radius 2 is 1.85 bits per heavy atom. The van der Waals surface area contributed by atoms with E-state index in [-0.39, 0.29) is 0 Å². The minimum atomic E-state index is 0.330. The van der Waals surface area contributed by atoms with Gasteiger partial charge in [-0.25, -0.2) is 4.98 Å². The van der Waals surface area contributed by atoms with E-state index in [4.69, 9.17) is 34.8 Å². The Bertz CT molecular complexity index is 470. The first-order chi connectivity index (χ1) is 6.20. The zero-order chi connectivity index (χ0) is 9.42. The first kappa shape index (κ1) is 9.00. The standard InChI is InChI=1S/C8H3Cl3N2/c9-5-3-13-7-4(6(5)10)1-2-12-8(7)11/h1-3H. The van der Waals surface area contributed by atoms with Gasteiger partial charge >= 0.3 is 0 Å². The largest absolute Gasteiger partial charge is 0.251 e. The molecule has 2 aromatic rings. The maximum absolute atomic E-state index is 5.94. The molecule has 0 spiro atoms. The van der Waals surface area contributed by atoms with E-state index in [0.717, 1.165) is 0 Å². The van der Waals surface area contributed by atoms with E-state index < -0.39 is 0 Å². The van der Waals surface area contributed by atoms with Crippen LogP contribution in [0.5, 0.6) is 0 Å². The fourth-order valence-corrected chi connectivity index (χ4v) is 1.59. The molecule has 5 heteroatoms. The Labute approximate surface area is 89.5 Å². The Kier molecular flexibility index (Phi) is 2.28. The van der Waals surface area contributed by atoms with Crippen molar-refractivity contribution < 1.29 is 0 Å². The zero-order valence-corrected chi connectivity index (χ0v) is 8.53. The van der Waals surface area contributed by atoms with Crippen LogP contribution in [0.3, 0.4) is 0 Å². The van der Waals surface area contributed by atoms with Crippen LogP contribution in [0, 0.1) is 0 Å². The molecule has 2 nitrogen and oxygen atoms in total. The summed E-state index contributed by atoms with van der Waals surface area (Å²) in [6.45, 7) is 0. The highest BCUT2D eigenvalue weighted by atomic mass is 35.5. The van der Waals surface area contributed by atoms with Crippen LogP contribution < -0.4 is 0 Å². The van der Waals surface area contributed by atoms with Crippen LogP contribution in [-0.4, -0.2) is 9.97 Å². The van der Waals surface area contributed by atoms with E-state index in [0.29, 0.717) is 26.1 Å². The average Bonchev–Trinajstić information content (AvgIpc) is 2.12. The lowest BCUT2D eigenvalue weighted by Gasteiger charge is -2.01. The van der Waals surface area contributed by atoms with Crippen LogP contribution in [0.2, 0.25) is 15.2 Å². The predicted molar refractivity (Wildman–Crippen MR) is 54.6 cm³/mol. The van der Waals surface area contributed by atoms with Crippen molar-refractivity contribution in [1.82, 2.24) is 9.97 Å². The van der Waals surface area contributed by atoms with E-state index in [1.54, 1.807) is 12.3 Å². The van der Waals surface area contributed by atoms with Crippen molar-refractivity contribution in [2.45, 2.75) is 0 Å². The molecular formula is C8H3Cl3N2. The molecule has 0 saturated heterocycles. The molecule has 2 aromatic heterocycles. The molecule has 0 atom stereocenters. The number of aromatic nitrogens is 2. The lowest BCUT2D eigenvalue weighted by atomic mass is 10.3. The fourth-order valence-electron chi connectivity index (χ4n) is 1.03. The number of nitrogens with zero attached hydrogens (tertiary/aromatic N) is 2. The number of pyridine rings is 2. The smallest absolute Gasteiger partial charge is 0.155 e. The van der Waals surface area contributed by atoms with E-state index in [1.165, 1.54) is 6.20 Å². The average molecular weight is 233 g/mol. The number of hydrogen-bond acceptors (Lipinski definition) is 2. The van der Waals surface area contributed by atoms with Gasteiger partial charge in [0.05, 0.1) is 10.0 Å². The topological polar surface area (TPSA) is 25.8 Å². The van der Waals surface area contributed by atoms with Crippen molar-refractivity contribution in [3.8, 4) is 0 Å². The van der Waals surface area contributed by atoms with Gasteiger partial charge in [-0.05, 0) is 6.07 Å². The predicted octanol–water partition coefficient (Wildman–Crippen LogP) is 3.59. The molecule has 0 aliphatic rings. The molecule has 0 amide bonds. The first-order valence-corrected chi connectivity index (χ1v) is 4.58. The molecule has 2 rings (SSSR count). The van der Waals surface area contributed by atoms with Crippen molar-refractivity contribution in [3.63, 3.8) is 0 Å². The van der Waals surface area contributed by atoms with E-state index in [1.807, 2.05) is 0 Å². The number of fused-ring (bicyclic) bond motifs is 1. The summed E-state index contributed by atoms with van der Waals surface area (Å²) in [6.07, 6.45) is 3.02. The number of rotatable bonds is 0. The normalized spacial score (nSPS) is 10.7. The van der Waals surface area contributed by atoms with Gasteiger partial charge in [0, 0.05) is 17.8 Å². The third kappa shape index (κ3) is 1.46. The highest BCUT2D eigenvalue weighted by molar-refractivity contribution is 6.45. The van der Waals surface area contributed by atoms with Gasteiger partial charge in [0.25, 0.3) is 0 Å². The minimum absolute atomic E-state index is 0.330. The van der Waals surface area contributed by atoms with Gasteiger partial charge in [-0.15, -0.1) is 0 Å². The molecule has 0 saturated carbocycles. The van der Waals surface area contributed by atoms with Crippen molar-refractivity contribution in [2.24, 2.45) is 0 Å². The quantitative estimate of drug-likeness (QED) is 0.650. The maximum Gasteiger partial charge on any atom is 0.155 e. The van der Waals surface area contributed by atoms with E-state index in [2.05, 4.69) is 9.97 Å². The van der Waals surface area contributed by atoms with Crippen molar-refractivity contribution in [1.29, 1.82) is 0 Å². The molecule has 0 unspecified atom stereocenters. The summed E-state index contributed by atoms with van der Waals surface area (Å²) in [7, 11) is 0. The summed E-state index contributed by atoms with van der Waals surface area (Å²) in [6, 6.07) is 1.72. The second-order valence-corrected chi connectivity index (χ2v) is 3.56. The van der Waals surface area contributed by atoms with Crippen LogP contribution in [0.15, 0.2) is 18.5 Å². The van der Waals surface area contributed by atoms with Gasteiger partial charge in [0.1, 0.15) is 5.52 Å². The second-order valence-electron chi connectivity index (χ2n) is 2.42. The highest BCUT2D eigenvalue weighted by Gasteiger charge is 2.07. The Hall–Kier alpha value is -0.570. The van der Waals surface area contributed by atoms with E-state index in [9.17, 15) is 0 Å². The maximum atomic E-state index is 5.94. The SMILES string of the molecule is Clc1cnc2c(Cl)nccc2c1Cl. The van der Waals surface area contributed by atoms with E-state index >= 15 is 0 Å². The minimum Gasteiger partial charge on any atom is -0.251 e. The molecule has 0 aromatic carbocycles. The van der Waals surface area contributed by atoms with Crippen LogP contribution in [0.1, 0.15) is 0 Å². The van der Waals surface area contributed by atoms with Crippen molar-refractivity contribution in [2.75, 3.05) is 0 Å². The molecule has 2 heterocycles. The monoisotopic (exact) mass is 232 g/mol. The zero-order valence-electron chi connectivity index (χ0n) is 6.26. The summed E-state index contributed by atoms with van der Waals surface area (Å²) in [4.78, 5) is 7.91. The lowest BCUT2D eigenvalue weighted by Crippen LogP contribution is -1.84. The summed E-state index contributed by atoms with van der Waals surface area (Å²) in [5.74, 6) is 0. The van der Waals surface area contributed by atoms with Gasteiger partial charge in [-0.2, -0.15) is 0 Å². The molecule has 0 aliphatic carbocycles. The molecular weight excluding hydrogens is 230 g/mol. The lowest BCUT2D eigenvalue weighted by molar-refractivity contribution is 1.31. The number of hydrogen-bond donors (Lipinski definition) is 0. The Balaban J connectivity index is 2.94. The highest BCUT2D eigenvalue weighted by Crippen LogP contribution is 2.30. The van der Waals surface area contributed by atoms with Crippen LogP contribution in [0.25, 0.3) is 10.9 Å². The number of halogens is 3. The fraction of sp³-hybridized carbons (Fsp3) is 0. The third-order valence-corrected chi connectivity index (χ3v) is 2.70. The summed E-state index contributed by atoms with van der Waals surface area (Å²) in [5.41, 5.74) is 0.568. The molecule has 0 fully saturated rings. The van der Waals surface area contributed by atoms with Crippen molar-refractivity contribution >= 4 is 45.7 Å². The summed E-state index contributed by atoms with van der Waals surface area (Å²) in [5, 5.41) is 1.91. The van der Waals surface area contributed by atoms with Gasteiger partial charge in [-0.3, -0.25) is 4.98 Å².